The molecule has 1 atom stereocenters. The SMILES string of the molecule is CCOC(=O)C1=C(C)N=c2s/c(=C/c3ccc(-n4cc(-c5ccccc5)nn4)cc3)c(=O)n2C1c1ccccc1. The lowest BCUT2D eigenvalue weighted by atomic mass is 9.96. The van der Waals surface area contributed by atoms with Crippen LogP contribution in [-0.2, 0) is 9.53 Å². The Bertz CT molecular complexity index is 1900. The average Bonchev–Trinajstić information content (AvgIpc) is 3.59. The highest BCUT2D eigenvalue weighted by Gasteiger charge is 2.33. The molecular weight excluding hydrogens is 522 g/mol. The molecule has 0 amide bonds. The quantitative estimate of drug-likeness (QED) is 0.299. The predicted octanol–water partition coefficient (Wildman–Crippen LogP) is 4.05. The monoisotopic (exact) mass is 547 g/mol. The van der Waals surface area contributed by atoms with Gasteiger partial charge in [-0.3, -0.25) is 9.36 Å². The van der Waals surface area contributed by atoms with Crippen LogP contribution in [0.2, 0.25) is 0 Å². The number of allylic oxidation sites excluding steroid dienone is 1. The summed E-state index contributed by atoms with van der Waals surface area (Å²) in [7, 11) is 0. The van der Waals surface area contributed by atoms with Crippen molar-refractivity contribution in [3.05, 3.63) is 133 Å². The maximum absolute atomic E-state index is 13.7. The Hall–Kier alpha value is -4.89. The Morgan fingerprint density at radius 1 is 1.00 bits per heavy atom. The minimum absolute atomic E-state index is 0.209. The van der Waals surface area contributed by atoms with E-state index in [0.29, 0.717) is 20.6 Å². The Balaban J connectivity index is 1.37. The van der Waals surface area contributed by atoms with Crippen molar-refractivity contribution in [2.24, 2.45) is 4.99 Å². The number of hydrogen-bond donors (Lipinski definition) is 0. The van der Waals surface area contributed by atoms with Crippen molar-refractivity contribution in [2.45, 2.75) is 19.9 Å². The second-order valence-electron chi connectivity index (χ2n) is 9.22. The highest BCUT2D eigenvalue weighted by molar-refractivity contribution is 7.07. The second kappa shape index (κ2) is 10.7. The zero-order chi connectivity index (χ0) is 27.6. The summed E-state index contributed by atoms with van der Waals surface area (Å²) in [5.41, 5.74) is 5.03. The molecule has 0 fully saturated rings. The van der Waals surface area contributed by atoms with Crippen LogP contribution in [-0.4, -0.2) is 32.1 Å². The standard InChI is InChI=1S/C31H25N5O3S/c1-3-39-30(38)27-20(2)32-31-36(28(27)23-12-8-5-9-13-23)29(37)26(40-31)18-21-14-16-24(17-15-21)35-19-25(33-34-35)22-10-6-4-7-11-22/h4-19,28H,3H2,1-2H3/b26-18+. The van der Waals surface area contributed by atoms with E-state index in [1.807, 2.05) is 97.2 Å². The summed E-state index contributed by atoms with van der Waals surface area (Å²) in [6, 6.07) is 26.5. The van der Waals surface area contributed by atoms with Gasteiger partial charge in [-0.2, -0.15) is 0 Å². The van der Waals surface area contributed by atoms with E-state index >= 15 is 0 Å². The molecule has 0 N–H and O–H groups in total. The predicted molar refractivity (Wildman–Crippen MR) is 154 cm³/mol. The molecular formula is C31H25N5O3S. The number of fused-ring (bicyclic) bond motifs is 1. The van der Waals surface area contributed by atoms with Crippen molar-refractivity contribution in [1.82, 2.24) is 19.6 Å². The molecule has 198 valence electrons. The van der Waals surface area contributed by atoms with Gasteiger partial charge in [0, 0.05) is 5.56 Å². The molecule has 0 bridgehead atoms. The smallest absolute Gasteiger partial charge is 0.338 e. The molecule has 0 spiro atoms. The maximum Gasteiger partial charge on any atom is 0.338 e. The minimum Gasteiger partial charge on any atom is -0.463 e. The van der Waals surface area contributed by atoms with Gasteiger partial charge in [0.05, 0.1) is 40.3 Å². The van der Waals surface area contributed by atoms with Crippen LogP contribution in [0.4, 0.5) is 0 Å². The lowest BCUT2D eigenvalue weighted by Gasteiger charge is -2.24. The Kier molecular flexibility index (Phi) is 6.79. The second-order valence-corrected chi connectivity index (χ2v) is 10.2. The Labute approximate surface area is 233 Å². The van der Waals surface area contributed by atoms with Crippen molar-refractivity contribution in [3.63, 3.8) is 0 Å². The van der Waals surface area contributed by atoms with Crippen LogP contribution in [0.3, 0.4) is 0 Å². The molecule has 0 radical (unpaired) electrons. The molecule has 1 aliphatic rings. The van der Waals surface area contributed by atoms with Gasteiger partial charge in [-0.15, -0.1) is 5.10 Å². The zero-order valence-electron chi connectivity index (χ0n) is 21.9. The highest BCUT2D eigenvalue weighted by Crippen LogP contribution is 2.30. The number of esters is 1. The van der Waals surface area contributed by atoms with Crippen LogP contribution in [0, 0.1) is 0 Å². The summed E-state index contributed by atoms with van der Waals surface area (Å²) in [6.07, 6.45) is 3.73. The van der Waals surface area contributed by atoms with E-state index in [4.69, 9.17) is 4.74 Å². The number of aromatic nitrogens is 4. The lowest BCUT2D eigenvalue weighted by molar-refractivity contribution is -0.139. The average molecular weight is 548 g/mol. The van der Waals surface area contributed by atoms with Crippen LogP contribution < -0.4 is 14.9 Å². The number of carbonyl (C=O) groups is 1. The molecule has 3 heterocycles. The van der Waals surface area contributed by atoms with Crippen molar-refractivity contribution in [3.8, 4) is 16.9 Å². The molecule has 5 aromatic rings. The summed E-state index contributed by atoms with van der Waals surface area (Å²) in [5.74, 6) is -0.467. The maximum atomic E-state index is 13.7. The molecule has 3 aromatic carbocycles. The fourth-order valence-corrected chi connectivity index (χ4v) is 5.79. The Morgan fingerprint density at radius 2 is 1.70 bits per heavy atom. The number of thiazole rings is 1. The first-order chi connectivity index (χ1) is 19.5. The largest absolute Gasteiger partial charge is 0.463 e. The minimum atomic E-state index is -0.618. The summed E-state index contributed by atoms with van der Waals surface area (Å²) in [5, 5.41) is 8.55. The van der Waals surface area contributed by atoms with Crippen LogP contribution in [0.5, 0.6) is 0 Å². The number of ether oxygens (including phenoxy) is 1. The molecule has 6 rings (SSSR count). The first-order valence-electron chi connectivity index (χ1n) is 12.9. The van der Waals surface area contributed by atoms with Gasteiger partial charge in [0.1, 0.15) is 5.69 Å². The van der Waals surface area contributed by atoms with E-state index < -0.39 is 12.0 Å². The van der Waals surface area contributed by atoms with Crippen LogP contribution in [0.25, 0.3) is 23.0 Å². The fraction of sp³-hybridized carbons (Fsp3) is 0.129. The van der Waals surface area contributed by atoms with E-state index in [9.17, 15) is 9.59 Å². The normalized spacial score (nSPS) is 15.1. The van der Waals surface area contributed by atoms with E-state index in [-0.39, 0.29) is 12.2 Å². The van der Waals surface area contributed by atoms with Gasteiger partial charge in [-0.25, -0.2) is 14.5 Å². The van der Waals surface area contributed by atoms with Gasteiger partial charge in [0.15, 0.2) is 4.80 Å². The first kappa shape index (κ1) is 25.4. The van der Waals surface area contributed by atoms with E-state index in [1.165, 1.54) is 11.3 Å². The molecule has 0 aliphatic carbocycles. The third-order valence-electron chi connectivity index (χ3n) is 6.65. The first-order valence-corrected chi connectivity index (χ1v) is 13.7. The van der Waals surface area contributed by atoms with E-state index in [2.05, 4.69) is 15.3 Å². The third kappa shape index (κ3) is 4.71. The zero-order valence-corrected chi connectivity index (χ0v) is 22.7. The molecule has 0 saturated carbocycles. The molecule has 9 heteroatoms. The fourth-order valence-electron chi connectivity index (χ4n) is 4.75. The van der Waals surface area contributed by atoms with Gasteiger partial charge >= 0.3 is 5.97 Å². The highest BCUT2D eigenvalue weighted by atomic mass is 32.1. The topological polar surface area (TPSA) is 91.4 Å². The van der Waals surface area contributed by atoms with Crippen LogP contribution >= 0.6 is 11.3 Å². The van der Waals surface area contributed by atoms with E-state index in [1.54, 1.807) is 23.1 Å². The summed E-state index contributed by atoms with van der Waals surface area (Å²) >= 11 is 1.30. The third-order valence-corrected chi connectivity index (χ3v) is 7.63. The van der Waals surface area contributed by atoms with Crippen LogP contribution in [0.15, 0.2) is 112 Å². The van der Waals surface area contributed by atoms with Gasteiger partial charge in [0.25, 0.3) is 5.56 Å². The molecule has 40 heavy (non-hydrogen) atoms. The van der Waals surface area contributed by atoms with Crippen molar-refractivity contribution in [2.75, 3.05) is 6.61 Å². The number of rotatable bonds is 6. The van der Waals surface area contributed by atoms with Crippen molar-refractivity contribution < 1.29 is 9.53 Å². The summed E-state index contributed by atoms with van der Waals surface area (Å²) in [6.45, 7) is 3.78. The van der Waals surface area contributed by atoms with Gasteiger partial charge in [-0.1, -0.05) is 89.3 Å². The van der Waals surface area contributed by atoms with Crippen LogP contribution in [0.1, 0.15) is 31.0 Å². The molecule has 1 unspecified atom stereocenters. The number of hydrogen-bond acceptors (Lipinski definition) is 7. The lowest BCUT2D eigenvalue weighted by Crippen LogP contribution is -2.39. The van der Waals surface area contributed by atoms with Crippen molar-refractivity contribution in [1.29, 1.82) is 0 Å². The number of carbonyl (C=O) groups excluding carboxylic acids is 1. The molecule has 0 saturated heterocycles. The molecule has 8 nitrogen and oxygen atoms in total. The van der Waals surface area contributed by atoms with Gasteiger partial charge in [-0.05, 0) is 43.2 Å². The molecule has 2 aromatic heterocycles. The summed E-state index contributed by atoms with van der Waals surface area (Å²) in [4.78, 5) is 31.9. The number of benzene rings is 3. The van der Waals surface area contributed by atoms with Gasteiger partial charge < -0.3 is 4.74 Å². The number of nitrogens with zero attached hydrogens (tertiary/aromatic N) is 5. The molecule has 1 aliphatic heterocycles. The van der Waals surface area contributed by atoms with E-state index in [0.717, 1.165) is 28.1 Å². The van der Waals surface area contributed by atoms with Gasteiger partial charge in [0.2, 0.25) is 0 Å². The van der Waals surface area contributed by atoms with Crippen molar-refractivity contribution >= 4 is 23.4 Å². The summed E-state index contributed by atoms with van der Waals surface area (Å²) < 4.78 is 9.19. The Morgan fingerprint density at radius 3 is 2.40 bits per heavy atom.